The Morgan fingerprint density at radius 2 is 2.50 bits per heavy atom. The molecule has 2 rings (SSSR count). The quantitative estimate of drug-likeness (QED) is 0.686. The smallest absolute Gasteiger partial charge is 0.222 e. The fraction of sp³-hybridized carbons (Fsp3) is 0.625. The van der Waals surface area contributed by atoms with Crippen molar-refractivity contribution in [2.45, 2.75) is 25.4 Å². The summed E-state index contributed by atoms with van der Waals surface area (Å²) in [7, 11) is 0. The Hall–Kier alpha value is -1.03. The average molecular weight is 168 g/mol. The number of rotatable bonds is 1. The second-order valence-corrected chi connectivity index (χ2v) is 3.30. The molecule has 2 N–H and O–H groups in total. The van der Waals surface area contributed by atoms with E-state index in [0.29, 0.717) is 5.88 Å². The summed E-state index contributed by atoms with van der Waals surface area (Å²) in [5.41, 5.74) is 5.95. The van der Waals surface area contributed by atoms with E-state index < -0.39 is 0 Å². The van der Waals surface area contributed by atoms with Crippen LogP contribution in [0, 0.1) is 0 Å². The highest BCUT2D eigenvalue weighted by molar-refractivity contribution is 5.27. The van der Waals surface area contributed by atoms with Crippen molar-refractivity contribution >= 4 is 5.88 Å². The van der Waals surface area contributed by atoms with E-state index in [4.69, 9.17) is 15.0 Å². The highest BCUT2D eigenvalue weighted by Gasteiger charge is 2.34. The van der Waals surface area contributed by atoms with E-state index in [0.717, 1.165) is 25.1 Å². The van der Waals surface area contributed by atoms with Gasteiger partial charge in [-0.15, -0.1) is 0 Å². The van der Waals surface area contributed by atoms with Gasteiger partial charge >= 0.3 is 0 Å². The molecule has 1 aromatic rings. The maximum absolute atomic E-state index is 5.56. The van der Waals surface area contributed by atoms with Gasteiger partial charge in [0.1, 0.15) is 11.3 Å². The van der Waals surface area contributed by atoms with Crippen LogP contribution in [-0.4, -0.2) is 11.8 Å². The summed E-state index contributed by atoms with van der Waals surface area (Å²) >= 11 is 0. The molecule has 1 saturated heterocycles. The molecule has 2 heterocycles. The minimum absolute atomic E-state index is 0.277. The fourth-order valence-electron chi connectivity index (χ4n) is 1.52. The molecule has 0 spiro atoms. The summed E-state index contributed by atoms with van der Waals surface area (Å²) in [5.74, 6) is 0.349. The lowest BCUT2D eigenvalue weighted by molar-refractivity contribution is 0.0109. The van der Waals surface area contributed by atoms with Gasteiger partial charge in [0.05, 0.1) is 0 Å². The van der Waals surface area contributed by atoms with E-state index in [-0.39, 0.29) is 5.60 Å². The number of nitrogen functional groups attached to an aromatic ring is 1. The van der Waals surface area contributed by atoms with E-state index in [9.17, 15) is 0 Å². The predicted octanol–water partition coefficient (Wildman–Crippen LogP) is 1.28. The molecule has 0 unspecified atom stereocenters. The molecule has 0 radical (unpaired) electrons. The lowest BCUT2D eigenvalue weighted by atomic mass is 9.99. The van der Waals surface area contributed by atoms with Gasteiger partial charge in [0.2, 0.25) is 5.88 Å². The van der Waals surface area contributed by atoms with Gasteiger partial charge in [-0.05, 0) is 19.8 Å². The zero-order valence-electron chi connectivity index (χ0n) is 7.04. The van der Waals surface area contributed by atoms with Crippen molar-refractivity contribution in [1.29, 1.82) is 0 Å². The van der Waals surface area contributed by atoms with Crippen LogP contribution in [0.1, 0.15) is 25.5 Å². The van der Waals surface area contributed by atoms with Gasteiger partial charge < -0.3 is 15.0 Å². The standard InChI is InChI=1S/C8H12N2O2/c1-8(3-2-4-11-8)6-5-7(9)12-10-6/h5H,2-4,9H2,1H3/t8-/m1/s1. The summed E-state index contributed by atoms with van der Waals surface area (Å²) in [6.45, 7) is 2.81. The second kappa shape index (κ2) is 2.48. The highest BCUT2D eigenvalue weighted by atomic mass is 16.5. The SMILES string of the molecule is C[C@]1(c2cc(N)on2)CCCO1. The Bertz CT molecular complexity index is 276. The van der Waals surface area contributed by atoms with Crippen molar-refractivity contribution in [3.05, 3.63) is 11.8 Å². The van der Waals surface area contributed by atoms with Gasteiger partial charge in [-0.1, -0.05) is 5.16 Å². The van der Waals surface area contributed by atoms with Crippen LogP contribution in [0.15, 0.2) is 10.6 Å². The summed E-state index contributed by atoms with van der Waals surface area (Å²) in [6, 6.07) is 1.73. The third kappa shape index (κ3) is 1.08. The monoisotopic (exact) mass is 168 g/mol. The largest absolute Gasteiger partial charge is 0.369 e. The minimum Gasteiger partial charge on any atom is -0.369 e. The third-order valence-corrected chi connectivity index (χ3v) is 2.29. The number of hydrogen-bond donors (Lipinski definition) is 1. The molecule has 0 aliphatic carbocycles. The highest BCUT2D eigenvalue weighted by Crippen LogP contribution is 2.35. The van der Waals surface area contributed by atoms with Gasteiger partial charge in [0.25, 0.3) is 0 Å². The van der Waals surface area contributed by atoms with Crippen molar-refractivity contribution in [3.63, 3.8) is 0 Å². The van der Waals surface area contributed by atoms with Gasteiger partial charge in [0, 0.05) is 12.7 Å². The van der Waals surface area contributed by atoms with Crippen LogP contribution < -0.4 is 5.73 Å². The van der Waals surface area contributed by atoms with E-state index in [1.807, 2.05) is 6.92 Å². The molecular formula is C8H12N2O2. The summed E-state index contributed by atoms with van der Waals surface area (Å²) < 4.78 is 10.4. The molecule has 4 nitrogen and oxygen atoms in total. The Morgan fingerprint density at radius 1 is 1.67 bits per heavy atom. The molecule has 0 aromatic carbocycles. The van der Waals surface area contributed by atoms with Crippen molar-refractivity contribution < 1.29 is 9.26 Å². The zero-order chi connectivity index (χ0) is 8.60. The minimum atomic E-state index is -0.277. The van der Waals surface area contributed by atoms with Crippen LogP contribution in [0.4, 0.5) is 5.88 Å². The maximum Gasteiger partial charge on any atom is 0.222 e. The first-order valence-corrected chi connectivity index (χ1v) is 4.07. The van der Waals surface area contributed by atoms with Crippen molar-refractivity contribution in [2.75, 3.05) is 12.3 Å². The Labute approximate surface area is 70.7 Å². The van der Waals surface area contributed by atoms with Crippen LogP contribution in [0.3, 0.4) is 0 Å². The number of anilines is 1. The van der Waals surface area contributed by atoms with Crippen molar-refractivity contribution in [3.8, 4) is 0 Å². The molecule has 1 aromatic heterocycles. The molecular weight excluding hydrogens is 156 g/mol. The lowest BCUT2D eigenvalue weighted by Crippen LogP contribution is -2.20. The molecule has 66 valence electrons. The van der Waals surface area contributed by atoms with E-state index in [1.54, 1.807) is 6.07 Å². The maximum atomic E-state index is 5.56. The normalized spacial score (nSPS) is 29.4. The number of nitrogens with two attached hydrogens (primary N) is 1. The molecule has 4 heteroatoms. The van der Waals surface area contributed by atoms with Gasteiger partial charge in [-0.25, -0.2) is 0 Å². The first-order valence-electron chi connectivity index (χ1n) is 4.07. The van der Waals surface area contributed by atoms with Gasteiger partial charge in [-0.2, -0.15) is 0 Å². The fourth-order valence-corrected chi connectivity index (χ4v) is 1.52. The number of aromatic nitrogens is 1. The first kappa shape index (κ1) is 7.61. The van der Waals surface area contributed by atoms with Crippen molar-refractivity contribution in [2.24, 2.45) is 0 Å². The predicted molar refractivity (Wildman–Crippen MR) is 43.5 cm³/mol. The molecule has 1 aliphatic rings. The number of hydrogen-bond acceptors (Lipinski definition) is 4. The molecule has 0 saturated carbocycles. The molecule has 0 amide bonds. The van der Waals surface area contributed by atoms with Crippen LogP contribution in [0.2, 0.25) is 0 Å². The lowest BCUT2D eigenvalue weighted by Gasteiger charge is -2.18. The zero-order valence-corrected chi connectivity index (χ0v) is 7.04. The summed E-state index contributed by atoms with van der Waals surface area (Å²) in [6.07, 6.45) is 2.06. The van der Waals surface area contributed by atoms with E-state index in [2.05, 4.69) is 5.16 Å². The summed E-state index contributed by atoms with van der Waals surface area (Å²) in [4.78, 5) is 0. The van der Waals surface area contributed by atoms with Gasteiger partial charge in [-0.3, -0.25) is 0 Å². The first-order chi connectivity index (χ1) is 5.71. The third-order valence-electron chi connectivity index (χ3n) is 2.29. The number of nitrogens with zero attached hydrogens (tertiary/aromatic N) is 1. The average Bonchev–Trinajstić information content (AvgIpc) is 2.59. The molecule has 1 aliphatic heterocycles. The van der Waals surface area contributed by atoms with Crippen LogP contribution in [-0.2, 0) is 10.3 Å². The molecule has 1 atom stereocenters. The van der Waals surface area contributed by atoms with E-state index >= 15 is 0 Å². The Morgan fingerprint density at radius 3 is 3.00 bits per heavy atom. The molecule has 0 bridgehead atoms. The topological polar surface area (TPSA) is 61.3 Å². The second-order valence-electron chi connectivity index (χ2n) is 3.30. The van der Waals surface area contributed by atoms with Crippen LogP contribution in [0.5, 0.6) is 0 Å². The molecule has 1 fully saturated rings. The Balaban J connectivity index is 2.28. The molecule has 12 heavy (non-hydrogen) atoms. The summed E-state index contributed by atoms with van der Waals surface area (Å²) in [5, 5.41) is 3.84. The van der Waals surface area contributed by atoms with Gasteiger partial charge in [0.15, 0.2) is 0 Å². The Kier molecular flexibility index (Phi) is 1.58. The van der Waals surface area contributed by atoms with E-state index in [1.165, 1.54) is 0 Å². The number of ether oxygens (including phenoxy) is 1. The van der Waals surface area contributed by atoms with Crippen LogP contribution in [0.25, 0.3) is 0 Å². The van der Waals surface area contributed by atoms with Crippen LogP contribution >= 0.6 is 0 Å². The van der Waals surface area contributed by atoms with Crippen molar-refractivity contribution in [1.82, 2.24) is 5.16 Å².